The summed E-state index contributed by atoms with van der Waals surface area (Å²) in [6.07, 6.45) is 0. The molecule has 0 saturated heterocycles. The molecule has 7 heteroatoms. The van der Waals surface area contributed by atoms with Gasteiger partial charge in [0.1, 0.15) is 5.82 Å². The molecule has 0 aliphatic rings. The first-order valence-electron chi connectivity index (χ1n) is 4.89. The smallest absolute Gasteiger partial charge is 0.270 e. The monoisotopic (exact) mass is 241 g/mol. The lowest BCUT2D eigenvalue weighted by Gasteiger charge is -2.08. The lowest BCUT2D eigenvalue weighted by atomic mass is 10.1. The van der Waals surface area contributed by atoms with E-state index in [9.17, 15) is 19.3 Å². The van der Waals surface area contributed by atoms with Crippen LogP contribution in [0.25, 0.3) is 0 Å². The first-order valence-corrected chi connectivity index (χ1v) is 4.89. The highest BCUT2D eigenvalue weighted by molar-refractivity contribution is 5.95. The Hall–Kier alpha value is -2.02. The topological polar surface area (TPSA) is 98.3 Å². The number of hydrogen-bond acceptors (Lipinski definition) is 4. The van der Waals surface area contributed by atoms with E-state index >= 15 is 0 Å². The zero-order valence-corrected chi connectivity index (χ0v) is 9.14. The summed E-state index contributed by atoms with van der Waals surface area (Å²) in [6.45, 7) is 1.84. The van der Waals surface area contributed by atoms with Gasteiger partial charge in [0.15, 0.2) is 0 Å². The van der Waals surface area contributed by atoms with E-state index in [2.05, 4.69) is 5.32 Å². The second kappa shape index (κ2) is 5.35. The number of non-ortho nitro benzene ring substituents is 1. The van der Waals surface area contributed by atoms with Crippen molar-refractivity contribution in [1.82, 2.24) is 5.32 Å². The van der Waals surface area contributed by atoms with E-state index in [1.807, 2.05) is 0 Å². The predicted molar refractivity (Wildman–Crippen MR) is 59.0 cm³/mol. The molecule has 1 unspecified atom stereocenters. The van der Waals surface area contributed by atoms with Crippen LogP contribution in [0.5, 0.6) is 0 Å². The van der Waals surface area contributed by atoms with E-state index in [0.717, 1.165) is 18.2 Å². The molecule has 92 valence electrons. The number of benzene rings is 1. The molecule has 0 saturated carbocycles. The fraction of sp³-hybridized carbons (Fsp3) is 0.300. The minimum atomic E-state index is -0.808. The van der Waals surface area contributed by atoms with Crippen LogP contribution in [0.4, 0.5) is 10.1 Å². The average molecular weight is 241 g/mol. The number of nitrogens with two attached hydrogens (primary N) is 1. The van der Waals surface area contributed by atoms with Gasteiger partial charge >= 0.3 is 0 Å². The number of hydrogen-bond donors (Lipinski definition) is 2. The van der Waals surface area contributed by atoms with E-state index < -0.39 is 16.6 Å². The molecule has 0 radical (unpaired) electrons. The molecule has 1 rings (SSSR count). The van der Waals surface area contributed by atoms with Crippen LogP contribution in [0.1, 0.15) is 17.3 Å². The fourth-order valence-corrected chi connectivity index (χ4v) is 1.15. The van der Waals surface area contributed by atoms with Gasteiger partial charge in [0.05, 0.1) is 10.5 Å². The Labute approximate surface area is 96.8 Å². The first kappa shape index (κ1) is 13.0. The molecule has 6 nitrogen and oxygen atoms in total. The van der Waals surface area contributed by atoms with Crippen molar-refractivity contribution in [3.05, 3.63) is 39.7 Å². The Morgan fingerprint density at radius 3 is 2.82 bits per heavy atom. The number of carbonyl (C=O) groups is 1. The van der Waals surface area contributed by atoms with E-state index in [4.69, 9.17) is 5.73 Å². The van der Waals surface area contributed by atoms with Gasteiger partial charge < -0.3 is 11.1 Å². The van der Waals surface area contributed by atoms with Gasteiger partial charge in [-0.25, -0.2) is 4.39 Å². The van der Waals surface area contributed by atoms with Crippen LogP contribution in [0.2, 0.25) is 0 Å². The summed E-state index contributed by atoms with van der Waals surface area (Å²) >= 11 is 0. The number of nitro groups is 1. The Balaban J connectivity index is 2.92. The van der Waals surface area contributed by atoms with Crippen LogP contribution in [0.15, 0.2) is 18.2 Å². The maximum Gasteiger partial charge on any atom is 0.270 e. The molecule has 0 aromatic heterocycles. The van der Waals surface area contributed by atoms with E-state index in [1.165, 1.54) is 0 Å². The third-order valence-electron chi connectivity index (χ3n) is 1.99. The highest BCUT2D eigenvalue weighted by Gasteiger charge is 2.16. The van der Waals surface area contributed by atoms with E-state index in [-0.39, 0.29) is 23.8 Å². The summed E-state index contributed by atoms with van der Waals surface area (Å²) in [4.78, 5) is 21.3. The normalized spacial score (nSPS) is 11.9. The number of rotatable bonds is 4. The first-order chi connectivity index (χ1) is 7.91. The summed E-state index contributed by atoms with van der Waals surface area (Å²) in [6, 6.07) is 2.50. The van der Waals surface area contributed by atoms with Crippen molar-refractivity contribution < 1.29 is 14.1 Å². The minimum Gasteiger partial charge on any atom is -0.350 e. The molecule has 0 aliphatic heterocycles. The van der Waals surface area contributed by atoms with Crippen molar-refractivity contribution in [1.29, 1.82) is 0 Å². The van der Waals surface area contributed by atoms with Gasteiger partial charge in [-0.1, -0.05) is 0 Å². The van der Waals surface area contributed by atoms with Crippen LogP contribution in [-0.2, 0) is 0 Å². The summed E-state index contributed by atoms with van der Waals surface area (Å²) < 4.78 is 13.3. The van der Waals surface area contributed by atoms with Crippen molar-refractivity contribution in [2.45, 2.75) is 13.0 Å². The van der Waals surface area contributed by atoms with Crippen LogP contribution >= 0.6 is 0 Å². The van der Waals surface area contributed by atoms with Crippen molar-refractivity contribution >= 4 is 11.6 Å². The zero-order valence-electron chi connectivity index (χ0n) is 9.14. The summed E-state index contributed by atoms with van der Waals surface area (Å²) in [7, 11) is 0. The van der Waals surface area contributed by atoms with Gasteiger partial charge in [-0.2, -0.15) is 0 Å². The molecular weight excluding hydrogens is 229 g/mol. The molecule has 3 N–H and O–H groups in total. The summed E-state index contributed by atoms with van der Waals surface area (Å²) in [5, 5.41) is 12.9. The molecule has 1 atom stereocenters. The molecular formula is C10H12FN3O3. The number of nitrogens with one attached hydrogen (secondary N) is 1. The number of amides is 1. The fourth-order valence-electron chi connectivity index (χ4n) is 1.15. The minimum absolute atomic E-state index is 0.168. The number of carbonyl (C=O) groups excluding carboxylic acids is 1. The van der Waals surface area contributed by atoms with E-state index in [0.29, 0.717) is 0 Å². The molecule has 0 bridgehead atoms. The standard InChI is InChI=1S/C10H12FN3O3/c1-6(12)5-13-10(15)8-4-7(14(16)17)2-3-9(8)11/h2-4,6H,5,12H2,1H3,(H,13,15). The van der Waals surface area contributed by atoms with Gasteiger partial charge in [-0.05, 0) is 13.0 Å². The van der Waals surface area contributed by atoms with E-state index in [1.54, 1.807) is 6.92 Å². The second-order valence-electron chi connectivity index (χ2n) is 3.61. The Bertz CT molecular complexity index is 448. The van der Waals surface area contributed by atoms with Gasteiger partial charge in [0.25, 0.3) is 11.6 Å². The van der Waals surface area contributed by atoms with Crippen LogP contribution in [0.3, 0.4) is 0 Å². The number of halogens is 1. The SMILES string of the molecule is CC(N)CNC(=O)c1cc([N+](=O)[O-])ccc1F. The van der Waals surface area contributed by atoms with Crippen molar-refractivity contribution in [2.75, 3.05) is 6.54 Å². The molecule has 1 aromatic rings. The molecule has 1 amide bonds. The third-order valence-corrected chi connectivity index (χ3v) is 1.99. The van der Waals surface area contributed by atoms with Crippen LogP contribution in [-0.4, -0.2) is 23.4 Å². The zero-order chi connectivity index (χ0) is 13.0. The Morgan fingerprint density at radius 1 is 1.65 bits per heavy atom. The van der Waals surface area contributed by atoms with Crippen molar-refractivity contribution in [3.8, 4) is 0 Å². The Kier molecular flexibility index (Phi) is 4.11. The summed E-state index contributed by atoms with van der Waals surface area (Å²) in [5.74, 6) is -1.53. The van der Waals surface area contributed by atoms with Gasteiger partial charge in [0, 0.05) is 24.7 Å². The number of nitro benzene ring substituents is 1. The van der Waals surface area contributed by atoms with Crippen LogP contribution < -0.4 is 11.1 Å². The number of nitrogens with zero attached hydrogens (tertiary/aromatic N) is 1. The van der Waals surface area contributed by atoms with Gasteiger partial charge in [-0.15, -0.1) is 0 Å². The molecule has 1 aromatic carbocycles. The quantitative estimate of drug-likeness (QED) is 0.602. The molecule has 17 heavy (non-hydrogen) atoms. The highest BCUT2D eigenvalue weighted by Crippen LogP contribution is 2.16. The highest BCUT2D eigenvalue weighted by atomic mass is 19.1. The van der Waals surface area contributed by atoms with Crippen molar-refractivity contribution in [2.24, 2.45) is 5.73 Å². The van der Waals surface area contributed by atoms with Gasteiger partial charge in [-0.3, -0.25) is 14.9 Å². The molecule has 0 spiro atoms. The molecule has 0 heterocycles. The van der Waals surface area contributed by atoms with Gasteiger partial charge in [0.2, 0.25) is 0 Å². The average Bonchev–Trinajstić information content (AvgIpc) is 2.26. The summed E-state index contributed by atoms with van der Waals surface area (Å²) in [5.41, 5.74) is 4.72. The van der Waals surface area contributed by atoms with Crippen LogP contribution in [0, 0.1) is 15.9 Å². The lowest BCUT2D eigenvalue weighted by Crippen LogP contribution is -2.35. The lowest BCUT2D eigenvalue weighted by molar-refractivity contribution is -0.384. The Morgan fingerprint density at radius 2 is 2.29 bits per heavy atom. The second-order valence-corrected chi connectivity index (χ2v) is 3.61. The maximum atomic E-state index is 13.3. The largest absolute Gasteiger partial charge is 0.350 e. The third kappa shape index (κ3) is 3.49. The predicted octanol–water partition coefficient (Wildman–Crippen LogP) is 0.811. The van der Waals surface area contributed by atoms with Crippen molar-refractivity contribution in [3.63, 3.8) is 0 Å². The molecule has 0 fully saturated rings. The maximum absolute atomic E-state index is 13.3. The molecule has 0 aliphatic carbocycles.